The van der Waals surface area contributed by atoms with Gasteiger partial charge in [0.05, 0.1) is 30.3 Å². The summed E-state index contributed by atoms with van der Waals surface area (Å²) in [7, 11) is 0. The molecule has 1 aromatic carbocycles. The number of hydrogen-bond acceptors (Lipinski definition) is 4. The minimum absolute atomic E-state index is 0.309. The minimum Gasteiger partial charge on any atom is -0.465 e. The number of carbonyl (C=O) groups excluding carboxylic acids is 1. The van der Waals surface area contributed by atoms with Gasteiger partial charge in [-0.2, -0.15) is 0 Å². The Labute approximate surface area is 127 Å². The molecular formula is C17H26O4. The van der Waals surface area contributed by atoms with Crippen LogP contribution in [0, 0.1) is 5.41 Å². The summed E-state index contributed by atoms with van der Waals surface area (Å²) in [4.78, 5) is 12.3. The van der Waals surface area contributed by atoms with Gasteiger partial charge >= 0.3 is 5.97 Å². The van der Waals surface area contributed by atoms with Crippen molar-refractivity contribution in [1.82, 2.24) is 0 Å². The Morgan fingerprint density at radius 3 is 2.29 bits per heavy atom. The van der Waals surface area contributed by atoms with Gasteiger partial charge in [0, 0.05) is 0 Å². The Morgan fingerprint density at radius 1 is 1.24 bits per heavy atom. The number of aliphatic hydroxyl groups excluding tert-OH is 1. The fourth-order valence-electron chi connectivity index (χ4n) is 2.05. The summed E-state index contributed by atoms with van der Waals surface area (Å²) in [6.07, 6.45) is -1.49. The fourth-order valence-corrected chi connectivity index (χ4v) is 2.05. The van der Waals surface area contributed by atoms with Crippen molar-refractivity contribution in [2.45, 2.75) is 52.9 Å². The molecule has 0 amide bonds. The van der Waals surface area contributed by atoms with Crippen LogP contribution in [0.4, 0.5) is 0 Å². The van der Waals surface area contributed by atoms with Crippen LogP contribution in [0.15, 0.2) is 30.3 Å². The smallest absolute Gasteiger partial charge is 0.314 e. The van der Waals surface area contributed by atoms with E-state index in [4.69, 9.17) is 9.47 Å². The molecule has 118 valence electrons. The SMILES string of the molecule is CCOC(=O)C(C)(C)[C@H](O[C@H](C)[C@H](C)O)c1ccccc1. The van der Waals surface area contributed by atoms with Crippen LogP contribution in [-0.2, 0) is 14.3 Å². The first-order valence-corrected chi connectivity index (χ1v) is 7.36. The molecule has 0 aliphatic rings. The summed E-state index contributed by atoms with van der Waals surface area (Å²) in [5.74, 6) is -0.309. The second-order valence-electron chi connectivity index (χ2n) is 5.81. The van der Waals surface area contributed by atoms with E-state index in [2.05, 4.69) is 0 Å². The van der Waals surface area contributed by atoms with Gasteiger partial charge in [-0.15, -0.1) is 0 Å². The lowest BCUT2D eigenvalue weighted by atomic mass is 9.82. The first-order chi connectivity index (χ1) is 9.80. The van der Waals surface area contributed by atoms with E-state index in [1.165, 1.54) is 0 Å². The topological polar surface area (TPSA) is 55.8 Å². The van der Waals surface area contributed by atoms with Crippen LogP contribution in [0.25, 0.3) is 0 Å². The van der Waals surface area contributed by atoms with Crippen LogP contribution < -0.4 is 0 Å². The van der Waals surface area contributed by atoms with E-state index in [0.29, 0.717) is 6.61 Å². The van der Waals surface area contributed by atoms with Crippen molar-refractivity contribution in [3.63, 3.8) is 0 Å². The number of esters is 1. The van der Waals surface area contributed by atoms with E-state index in [0.717, 1.165) is 5.56 Å². The third-order valence-corrected chi connectivity index (χ3v) is 3.59. The molecule has 0 saturated heterocycles. The third kappa shape index (κ3) is 4.55. The third-order valence-electron chi connectivity index (χ3n) is 3.59. The number of aliphatic hydroxyl groups is 1. The molecule has 0 aliphatic heterocycles. The van der Waals surface area contributed by atoms with Gasteiger partial charge in [0.1, 0.15) is 0 Å². The largest absolute Gasteiger partial charge is 0.465 e. The quantitative estimate of drug-likeness (QED) is 0.785. The van der Waals surface area contributed by atoms with Crippen LogP contribution in [0.3, 0.4) is 0 Å². The zero-order chi connectivity index (χ0) is 16.0. The number of ether oxygens (including phenoxy) is 2. The lowest BCUT2D eigenvalue weighted by molar-refractivity contribution is -0.170. The van der Waals surface area contributed by atoms with E-state index in [1.54, 1.807) is 34.6 Å². The molecule has 0 unspecified atom stereocenters. The first-order valence-electron chi connectivity index (χ1n) is 7.36. The molecule has 4 heteroatoms. The van der Waals surface area contributed by atoms with E-state index in [-0.39, 0.29) is 12.1 Å². The van der Waals surface area contributed by atoms with Gasteiger partial charge < -0.3 is 14.6 Å². The predicted octanol–water partition coefficient (Wildman–Crippen LogP) is 3.10. The molecule has 1 aromatic rings. The zero-order valence-corrected chi connectivity index (χ0v) is 13.5. The Kier molecular flexibility index (Phi) is 6.37. The normalized spacial score (nSPS) is 16.1. The summed E-state index contributed by atoms with van der Waals surface area (Å²) in [5, 5.41) is 9.68. The Bertz CT molecular complexity index is 439. The van der Waals surface area contributed by atoms with Crippen molar-refractivity contribution in [3.05, 3.63) is 35.9 Å². The zero-order valence-electron chi connectivity index (χ0n) is 13.5. The van der Waals surface area contributed by atoms with E-state index in [1.807, 2.05) is 30.3 Å². The molecule has 1 N–H and O–H groups in total. The summed E-state index contributed by atoms with van der Waals surface area (Å²) in [6, 6.07) is 9.55. The average molecular weight is 294 g/mol. The Balaban J connectivity index is 3.10. The fraction of sp³-hybridized carbons (Fsp3) is 0.588. The predicted molar refractivity (Wildman–Crippen MR) is 81.8 cm³/mol. The molecule has 3 atom stereocenters. The Morgan fingerprint density at radius 2 is 1.81 bits per heavy atom. The van der Waals surface area contributed by atoms with Gasteiger partial charge in [0.25, 0.3) is 0 Å². The number of rotatable bonds is 7. The maximum absolute atomic E-state index is 12.3. The van der Waals surface area contributed by atoms with Crippen molar-refractivity contribution >= 4 is 5.97 Å². The summed E-state index contributed by atoms with van der Waals surface area (Å²) in [6.45, 7) is 9.18. The minimum atomic E-state index is -0.847. The van der Waals surface area contributed by atoms with Crippen molar-refractivity contribution in [1.29, 1.82) is 0 Å². The number of carbonyl (C=O) groups is 1. The molecule has 4 nitrogen and oxygen atoms in total. The molecule has 0 heterocycles. The molecule has 0 aliphatic carbocycles. The first kappa shape index (κ1) is 17.7. The lowest BCUT2D eigenvalue weighted by Crippen LogP contribution is -2.38. The van der Waals surface area contributed by atoms with Crippen LogP contribution in [0.2, 0.25) is 0 Å². The maximum Gasteiger partial charge on any atom is 0.314 e. The van der Waals surface area contributed by atoms with Gasteiger partial charge in [-0.25, -0.2) is 0 Å². The highest BCUT2D eigenvalue weighted by atomic mass is 16.5. The van der Waals surface area contributed by atoms with Gasteiger partial charge in [0.2, 0.25) is 0 Å². The molecule has 0 spiro atoms. The van der Waals surface area contributed by atoms with E-state index >= 15 is 0 Å². The monoisotopic (exact) mass is 294 g/mol. The molecule has 0 bridgehead atoms. The van der Waals surface area contributed by atoms with Gasteiger partial charge in [-0.05, 0) is 40.2 Å². The lowest BCUT2D eigenvalue weighted by Gasteiger charge is -2.35. The van der Waals surface area contributed by atoms with E-state index in [9.17, 15) is 9.90 Å². The van der Waals surface area contributed by atoms with Crippen LogP contribution in [0.1, 0.15) is 46.3 Å². The molecule has 0 aromatic heterocycles. The van der Waals surface area contributed by atoms with Crippen molar-refractivity contribution < 1.29 is 19.4 Å². The molecule has 21 heavy (non-hydrogen) atoms. The standard InChI is InChI=1S/C17H26O4/c1-6-20-16(19)17(4,5)15(21-13(3)12(2)18)14-10-8-7-9-11-14/h7-13,15,18H,6H2,1-5H3/t12-,13+,15+/m0/s1. The summed E-state index contributed by atoms with van der Waals surface area (Å²) >= 11 is 0. The van der Waals surface area contributed by atoms with Gasteiger partial charge in [0.15, 0.2) is 0 Å². The molecule has 0 radical (unpaired) electrons. The Hall–Kier alpha value is -1.39. The summed E-state index contributed by atoms with van der Waals surface area (Å²) in [5.41, 5.74) is 0.0450. The second-order valence-corrected chi connectivity index (χ2v) is 5.81. The van der Waals surface area contributed by atoms with Gasteiger partial charge in [-0.1, -0.05) is 30.3 Å². The van der Waals surface area contributed by atoms with Gasteiger partial charge in [-0.3, -0.25) is 4.79 Å². The van der Waals surface area contributed by atoms with Crippen LogP contribution in [-0.4, -0.2) is 29.9 Å². The highest BCUT2D eigenvalue weighted by Gasteiger charge is 2.41. The molecule has 0 fully saturated rings. The average Bonchev–Trinajstić information content (AvgIpc) is 2.45. The highest BCUT2D eigenvalue weighted by Crippen LogP contribution is 2.38. The number of hydrogen-bond donors (Lipinski definition) is 1. The number of benzene rings is 1. The molecular weight excluding hydrogens is 268 g/mol. The van der Waals surface area contributed by atoms with Crippen LogP contribution >= 0.6 is 0 Å². The molecule has 1 rings (SSSR count). The van der Waals surface area contributed by atoms with Crippen molar-refractivity contribution in [2.24, 2.45) is 5.41 Å². The molecule has 0 saturated carbocycles. The van der Waals surface area contributed by atoms with Crippen molar-refractivity contribution in [3.8, 4) is 0 Å². The summed E-state index contributed by atoms with van der Waals surface area (Å²) < 4.78 is 11.1. The van der Waals surface area contributed by atoms with E-state index < -0.39 is 17.6 Å². The van der Waals surface area contributed by atoms with Crippen molar-refractivity contribution in [2.75, 3.05) is 6.61 Å². The highest BCUT2D eigenvalue weighted by molar-refractivity contribution is 5.77. The second kappa shape index (κ2) is 7.57. The van der Waals surface area contributed by atoms with Crippen LogP contribution in [0.5, 0.6) is 0 Å². The maximum atomic E-state index is 12.3.